The van der Waals surface area contributed by atoms with Gasteiger partial charge >= 0.3 is 0 Å². The van der Waals surface area contributed by atoms with Crippen molar-refractivity contribution in [3.63, 3.8) is 0 Å². The van der Waals surface area contributed by atoms with E-state index in [1.807, 2.05) is 24.3 Å². The third-order valence-corrected chi connectivity index (χ3v) is 2.31. The second-order valence-electron chi connectivity index (χ2n) is 4.53. The van der Waals surface area contributed by atoms with Gasteiger partial charge in [0.25, 0.3) is 0 Å². The van der Waals surface area contributed by atoms with E-state index >= 15 is 0 Å². The highest BCUT2D eigenvalue weighted by molar-refractivity contribution is 5.28. The number of benzene rings is 1. The molecule has 0 heterocycles. The maximum atomic E-state index is 5.66. The maximum absolute atomic E-state index is 5.66. The molecule has 1 aromatic carbocycles. The molecule has 0 atom stereocenters. The summed E-state index contributed by atoms with van der Waals surface area (Å²) < 4.78 is 10.7. The van der Waals surface area contributed by atoms with Crippen molar-refractivity contribution in [3.05, 3.63) is 29.8 Å². The molecule has 0 unspecified atom stereocenters. The molecule has 0 amide bonds. The van der Waals surface area contributed by atoms with Crippen LogP contribution < -0.4 is 10.1 Å². The zero-order valence-corrected chi connectivity index (χ0v) is 11.0. The molecule has 0 aromatic heterocycles. The van der Waals surface area contributed by atoms with Gasteiger partial charge in [-0.15, -0.1) is 0 Å². The Morgan fingerprint density at radius 3 is 2.82 bits per heavy atom. The lowest BCUT2D eigenvalue weighted by atomic mass is 10.2. The lowest BCUT2D eigenvalue weighted by Crippen LogP contribution is -2.24. The summed E-state index contributed by atoms with van der Waals surface area (Å²) in [6.45, 7) is 7.63. The van der Waals surface area contributed by atoms with Crippen LogP contribution in [0.3, 0.4) is 0 Å². The maximum Gasteiger partial charge on any atom is 0.119 e. The first kappa shape index (κ1) is 14.0. The van der Waals surface area contributed by atoms with Gasteiger partial charge in [0.2, 0.25) is 0 Å². The van der Waals surface area contributed by atoms with Crippen LogP contribution in [0.25, 0.3) is 0 Å². The lowest BCUT2D eigenvalue weighted by molar-refractivity contribution is 0.184. The molecule has 0 fully saturated rings. The predicted molar refractivity (Wildman–Crippen MR) is 70.4 cm³/mol. The number of hydrogen-bond acceptors (Lipinski definition) is 3. The summed E-state index contributed by atoms with van der Waals surface area (Å²) in [7, 11) is 1.70. The molecule has 0 aliphatic heterocycles. The molecule has 0 radical (unpaired) electrons. The minimum Gasteiger partial charge on any atom is -0.492 e. The third-order valence-electron chi connectivity index (χ3n) is 2.31. The molecular weight excluding hydrogens is 214 g/mol. The molecule has 1 N–H and O–H groups in total. The van der Waals surface area contributed by atoms with Gasteiger partial charge in [0.1, 0.15) is 12.4 Å². The predicted octanol–water partition coefficient (Wildman–Crippen LogP) is 2.46. The molecule has 3 heteroatoms. The Morgan fingerprint density at radius 1 is 1.29 bits per heavy atom. The SMILES string of the molecule is COCc1cccc(OCCNCC(C)C)c1. The largest absolute Gasteiger partial charge is 0.492 e. The Kier molecular flexibility index (Phi) is 6.67. The van der Waals surface area contributed by atoms with Gasteiger partial charge < -0.3 is 14.8 Å². The molecule has 1 aromatic rings. The van der Waals surface area contributed by atoms with E-state index in [0.717, 1.165) is 24.4 Å². The van der Waals surface area contributed by atoms with E-state index in [2.05, 4.69) is 19.2 Å². The Bertz CT molecular complexity index is 313. The zero-order valence-electron chi connectivity index (χ0n) is 11.0. The van der Waals surface area contributed by atoms with E-state index in [4.69, 9.17) is 9.47 Å². The van der Waals surface area contributed by atoms with Crippen LogP contribution in [0, 0.1) is 5.92 Å². The van der Waals surface area contributed by atoms with Crippen LogP contribution in [0.2, 0.25) is 0 Å². The van der Waals surface area contributed by atoms with Crippen LogP contribution in [-0.2, 0) is 11.3 Å². The molecule has 1 rings (SSSR count). The third kappa shape index (κ3) is 6.29. The van der Waals surface area contributed by atoms with Gasteiger partial charge in [-0.05, 0) is 30.2 Å². The topological polar surface area (TPSA) is 30.5 Å². The van der Waals surface area contributed by atoms with E-state index in [-0.39, 0.29) is 0 Å². The van der Waals surface area contributed by atoms with Crippen LogP contribution in [0.4, 0.5) is 0 Å². The summed E-state index contributed by atoms with van der Waals surface area (Å²) in [6, 6.07) is 8.02. The van der Waals surface area contributed by atoms with Crippen LogP contribution in [0.1, 0.15) is 19.4 Å². The number of nitrogens with one attached hydrogen (secondary N) is 1. The number of ether oxygens (including phenoxy) is 2. The average Bonchev–Trinajstić information content (AvgIpc) is 2.29. The summed E-state index contributed by atoms with van der Waals surface area (Å²) in [5, 5.41) is 3.35. The van der Waals surface area contributed by atoms with Crippen LogP contribution >= 0.6 is 0 Å². The van der Waals surface area contributed by atoms with Crippen molar-refractivity contribution >= 4 is 0 Å². The summed E-state index contributed by atoms with van der Waals surface area (Å²) in [6.07, 6.45) is 0. The van der Waals surface area contributed by atoms with Crippen LogP contribution in [0.15, 0.2) is 24.3 Å². The fourth-order valence-corrected chi connectivity index (χ4v) is 1.52. The fourth-order valence-electron chi connectivity index (χ4n) is 1.52. The quantitative estimate of drug-likeness (QED) is 0.704. The van der Waals surface area contributed by atoms with Crippen molar-refractivity contribution in [2.24, 2.45) is 5.92 Å². The molecule has 0 bridgehead atoms. The molecule has 0 saturated carbocycles. The van der Waals surface area contributed by atoms with E-state index in [0.29, 0.717) is 19.1 Å². The number of methoxy groups -OCH3 is 1. The van der Waals surface area contributed by atoms with Gasteiger partial charge in [-0.3, -0.25) is 0 Å². The highest BCUT2D eigenvalue weighted by Gasteiger charge is 1.97. The van der Waals surface area contributed by atoms with Crippen molar-refractivity contribution in [1.29, 1.82) is 0 Å². The Balaban J connectivity index is 2.24. The molecule has 0 spiro atoms. The fraction of sp³-hybridized carbons (Fsp3) is 0.571. The standard InChI is InChI=1S/C14H23NO2/c1-12(2)10-15-7-8-17-14-6-4-5-13(9-14)11-16-3/h4-6,9,12,15H,7-8,10-11H2,1-3H3. The van der Waals surface area contributed by atoms with Gasteiger partial charge in [-0.25, -0.2) is 0 Å². The van der Waals surface area contributed by atoms with Crippen molar-refractivity contribution in [2.45, 2.75) is 20.5 Å². The number of hydrogen-bond donors (Lipinski definition) is 1. The molecule has 0 aliphatic carbocycles. The Labute approximate surface area is 104 Å². The smallest absolute Gasteiger partial charge is 0.119 e. The molecule has 0 saturated heterocycles. The van der Waals surface area contributed by atoms with Crippen LogP contribution in [0.5, 0.6) is 5.75 Å². The lowest BCUT2D eigenvalue weighted by Gasteiger charge is -2.10. The monoisotopic (exact) mass is 237 g/mol. The minimum atomic E-state index is 0.628. The average molecular weight is 237 g/mol. The Morgan fingerprint density at radius 2 is 2.12 bits per heavy atom. The van der Waals surface area contributed by atoms with E-state index in [1.165, 1.54) is 0 Å². The van der Waals surface area contributed by atoms with E-state index < -0.39 is 0 Å². The summed E-state index contributed by atoms with van der Waals surface area (Å²) >= 11 is 0. The van der Waals surface area contributed by atoms with E-state index in [9.17, 15) is 0 Å². The van der Waals surface area contributed by atoms with Gasteiger partial charge in [-0.1, -0.05) is 26.0 Å². The first-order valence-electron chi connectivity index (χ1n) is 6.13. The minimum absolute atomic E-state index is 0.628. The summed E-state index contributed by atoms with van der Waals surface area (Å²) in [5.41, 5.74) is 1.14. The van der Waals surface area contributed by atoms with Gasteiger partial charge in [0.15, 0.2) is 0 Å². The normalized spacial score (nSPS) is 10.8. The highest BCUT2D eigenvalue weighted by atomic mass is 16.5. The molecule has 96 valence electrons. The van der Waals surface area contributed by atoms with Gasteiger partial charge in [0, 0.05) is 13.7 Å². The van der Waals surface area contributed by atoms with Crippen molar-refractivity contribution in [1.82, 2.24) is 5.32 Å². The molecular formula is C14H23NO2. The first-order chi connectivity index (χ1) is 8.22. The second-order valence-corrected chi connectivity index (χ2v) is 4.53. The van der Waals surface area contributed by atoms with Crippen LogP contribution in [-0.4, -0.2) is 26.8 Å². The first-order valence-corrected chi connectivity index (χ1v) is 6.13. The molecule has 17 heavy (non-hydrogen) atoms. The Hall–Kier alpha value is -1.06. The summed E-state index contributed by atoms with van der Waals surface area (Å²) in [4.78, 5) is 0. The number of rotatable bonds is 8. The molecule has 0 aliphatic rings. The summed E-state index contributed by atoms with van der Waals surface area (Å²) in [5.74, 6) is 1.59. The zero-order chi connectivity index (χ0) is 12.5. The van der Waals surface area contributed by atoms with E-state index in [1.54, 1.807) is 7.11 Å². The molecule has 3 nitrogen and oxygen atoms in total. The van der Waals surface area contributed by atoms with Crippen molar-refractivity contribution < 1.29 is 9.47 Å². The second kappa shape index (κ2) is 8.09. The van der Waals surface area contributed by atoms with Gasteiger partial charge in [-0.2, -0.15) is 0 Å². The highest BCUT2D eigenvalue weighted by Crippen LogP contribution is 2.13. The van der Waals surface area contributed by atoms with Crippen molar-refractivity contribution in [2.75, 3.05) is 26.8 Å². The van der Waals surface area contributed by atoms with Gasteiger partial charge in [0.05, 0.1) is 6.61 Å². The van der Waals surface area contributed by atoms with Crippen molar-refractivity contribution in [3.8, 4) is 5.75 Å².